The van der Waals surface area contributed by atoms with E-state index < -0.39 is 23.4 Å². The molecule has 0 spiro atoms. The minimum atomic E-state index is -0.696. The van der Waals surface area contributed by atoms with Gasteiger partial charge in [-0.1, -0.05) is 49.4 Å². The van der Waals surface area contributed by atoms with Crippen LogP contribution in [0.2, 0.25) is 0 Å². The lowest BCUT2D eigenvalue weighted by Gasteiger charge is -2.27. The van der Waals surface area contributed by atoms with Gasteiger partial charge in [0.15, 0.2) is 5.13 Å². The van der Waals surface area contributed by atoms with E-state index in [4.69, 9.17) is 9.47 Å². The van der Waals surface area contributed by atoms with Crippen LogP contribution in [0.15, 0.2) is 78.2 Å². The van der Waals surface area contributed by atoms with Crippen molar-refractivity contribution in [1.29, 1.82) is 0 Å². The van der Waals surface area contributed by atoms with Gasteiger partial charge in [-0.05, 0) is 95.0 Å². The highest BCUT2D eigenvalue weighted by atomic mass is 32.1. The van der Waals surface area contributed by atoms with Crippen LogP contribution in [0.5, 0.6) is 0 Å². The Hall–Kier alpha value is -4.70. The highest BCUT2D eigenvalue weighted by molar-refractivity contribution is 7.13. The van der Waals surface area contributed by atoms with Crippen molar-refractivity contribution in [2.24, 2.45) is 0 Å². The molecule has 4 aromatic rings. The van der Waals surface area contributed by atoms with Crippen molar-refractivity contribution in [1.82, 2.24) is 4.98 Å². The van der Waals surface area contributed by atoms with Crippen molar-refractivity contribution in [3.05, 3.63) is 95.0 Å². The number of hydrogen-bond acceptors (Lipinski definition) is 7. The van der Waals surface area contributed by atoms with Crippen LogP contribution in [0, 0.1) is 0 Å². The fourth-order valence-electron chi connectivity index (χ4n) is 4.52. The molecule has 242 valence electrons. The molecule has 0 atom stereocenters. The van der Waals surface area contributed by atoms with Crippen molar-refractivity contribution < 1.29 is 23.9 Å². The van der Waals surface area contributed by atoms with Crippen molar-refractivity contribution >= 4 is 45.9 Å². The highest BCUT2D eigenvalue weighted by Gasteiger charge is 2.24. The topological polar surface area (TPSA) is 110 Å². The molecule has 0 aliphatic rings. The van der Waals surface area contributed by atoms with Gasteiger partial charge in [0.1, 0.15) is 11.2 Å². The van der Waals surface area contributed by atoms with Crippen LogP contribution in [0.25, 0.3) is 11.1 Å². The number of carbonyl (C=O) groups excluding carboxylic acids is 3. The van der Waals surface area contributed by atoms with Gasteiger partial charge >= 0.3 is 12.2 Å². The number of thiazole rings is 1. The zero-order valence-electron chi connectivity index (χ0n) is 27.5. The Bertz CT molecular complexity index is 1650. The Labute approximate surface area is 275 Å². The molecule has 10 heteroatoms. The van der Waals surface area contributed by atoms with E-state index in [-0.39, 0.29) is 12.5 Å². The van der Waals surface area contributed by atoms with Crippen molar-refractivity contribution in [3.63, 3.8) is 0 Å². The number of amides is 3. The third kappa shape index (κ3) is 9.90. The van der Waals surface area contributed by atoms with Gasteiger partial charge in [0.2, 0.25) is 0 Å². The quantitative estimate of drug-likeness (QED) is 0.189. The average Bonchev–Trinajstić information content (AvgIpc) is 3.43. The van der Waals surface area contributed by atoms with Crippen LogP contribution < -0.4 is 15.5 Å². The molecule has 0 fully saturated rings. The number of ether oxygens (including phenoxy) is 2. The molecular formula is C36H42N4O5S. The number of nitrogens with zero attached hydrogens (tertiary/aromatic N) is 2. The van der Waals surface area contributed by atoms with Crippen LogP contribution in [0.3, 0.4) is 0 Å². The second-order valence-electron chi connectivity index (χ2n) is 12.7. The predicted octanol–water partition coefficient (Wildman–Crippen LogP) is 8.96. The number of rotatable bonds is 9. The first kappa shape index (κ1) is 34.2. The van der Waals surface area contributed by atoms with E-state index in [9.17, 15) is 14.4 Å². The summed E-state index contributed by atoms with van der Waals surface area (Å²) in [7, 11) is 0. The van der Waals surface area contributed by atoms with Crippen LogP contribution >= 0.6 is 11.3 Å². The molecule has 0 radical (unpaired) electrons. The third-order valence-corrected chi connectivity index (χ3v) is 7.45. The van der Waals surface area contributed by atoms with E-state index in [1.807, 2.05) is 62.5 Å². The maximum atomic E-state index is 13.4. The number of nitrogens with one attached hydrogen (secondary N) is 2. The molecule has 1 aromatic heterocycles. The summed E-state index contributed by atoms with van der Waals surface area (Å²) in [5.41, 5.74) is 4.20. The van der Waals surface area contributed by atoms with Gasteiger partial charge in [0.05, 0.1) is 5.69 Å². The smallest absolute Gasteiger partial charge is 0.414 e. The summed E-state index contributed by atoms with van der Waals surface area (Å²) < 4.78 is 11.0. The molecule has 3 aromatic carbocycles. The van der Waals surface area contributed by atoms with Crippen molar-refractivity contribution in [2.45, 2.75) is 72.5 Å². The molecule has 9 nitrogen and oxygen atoms in total. The van der Waals surface area contributed by atoms with Gasteiger partial charge in [-0.3, -0.25) is 15.0 Å². The van der Waals surface area contributed by atoms with E-state index in [1.165, 1.54) is 21.8 Å². The molecule has 3 amide bonds. The summed E-state index contributed by atoms with van der Waals surface area (Å²) >= 11 is 1.28. The van der Waals surface area contributed by atoms with Gasteiger partial charge in [-0.25, -0.2) is 14.6 Å². The molecule has 0 aliphatic carbocycles. The van der Waals surface area contributed by atoms with Crippen molar-refractivity contribution in [3.8, 4) is 11.1 Å². The number of benzene rings is 3. The Morgan fingerprint density at radius 1 is 0.826 bits per heavy atom. The first-order chi connectivity index (χ1) is 21.7. The van der Waals surface area contributed by atoms with Crippen molar-refractivity contribution in [2.75, 3.05) is 22.1 Å². The molecule has 0 bridgehead atoms. The fraction of sp³-hybridized carbons (Fsp3) is 0.333. The molecule has 4 rings (SSSR count). The molecular weight excluding hydrogens is 600 g/mol. The minimum Gasteiger partial charge on any atom is -0.444 e. The minimum absolute atomic E-state index is 0.230. The third-order valence-electron chi connectivity index (χ3n) is 6.65. The van der Waals surface area contributed by atoms with Gasteiger partial charge in [-0.2, -0.15) is 0 Å². The number of aromatic nitrogens is 1. The summed E-state index contributed by atoms with van der Waals surface area (Å²) in [6, 6.07) is 22.8. The number of anilines is 3. The first-order valence-electron chi connectivity index (χ1n) is 15.3. The van der Waals surface area contributed by atoms with Gasteiger partial charge in [0.25, 0.3) is 5.91 Å². The molecule has 46 heavy (non-hydrogen) atoms. The lowest BCUT2D eigenvalue weighted by molar-refractivity contribution is 0.0578. The van der Waals surface area contributed by atoms with E-state index in [1.54, 1.807) is 45.0 Å². The number of aryl methyl sites for hydroxylation is 1. The lowest BCUT2D eigenvalue weighted by Crippen LogP contribution is -2.38. The lowest BCUT2D eigenvalue weighted by atomic mass is 9.98. The summed E-state index contributed by atoms with van der Waals surface area (Å²) in [5.74, 6) is -0.230. The SMILES string of the molecule is CCc1ccc(-c2ccccc2C(=O)Nc2ccc(N(CCc3csc(NC(=O)OC(C)(C)C)n3)C(=O)OC(C)(C)C)cc2)cc1. The second-order valence-corrected chi connectivity index (χ2v) is 13.6. The van der Waals surface area contributed by atoms with E-state index in [0.717, 1.165) is 17.5 Å². The summed E-state index contributed by atoms with van der Waals surface area (Å²) in [4.78, 5) is 44.8. The summed E-state index contributed by atoms with van der Waals surface area (Å²) in [6.45, 7) is 13.2. The van der Waals surface area contributed by atoms with Crippen LogP contribution in [0.4, 0.5) is 26.1 Å². The number of hydrogen-bond donors (Lipinski definition) is 2. The van der Waals surface area contributed by atoms with Gasteiger partial charge < -0.3 is 14.8 Å². The van der Waals surface area contributed by atoms with Crippen LogP contribution in [0.1, 0.15) is 70.1 Å². The van der Waals surface area contributed by atoms with Gasteiger partial charge in [0, 0.05) is 35.3 Å². The standard InChI is InChI=1S/C36H42N4O5S/c1-8-24-13-15-25(16-14-24)29-11-9-10-12-30(29)31(41)37-26-17-19-28(20-18-26)40(34(43)45-36(5,6)7)22-21-27-23-46-32(38-27)39-33(42)44-35(2,3)4/h9-20,23H,8,21-22H2,1-7H3,(H,37,41)(H,38,39,42). The second kappa shape index (κ2) is 14.6. The largest absolute Gasteiger partial charge is 0.444 e. The normalized spacial score (nSPS) is 11.5. The highest BCUT2D eigenvalue weighted by Crippen LogP contribution is 2.27. The Balaban J connectivity index is 1.47. The molecule has 1 heterocycles. The fourth-order valence-corrected chi connectivity index (χ4v) is 5.25. The predicted molar refractivity (Wildman–Crippen MR) is 185 cm³/mol. The van der Waals surface area contributed by atoms with E-state index in [2.05, 4.69) is 34.7 Å². The zero-order valence-corrected chi connectivity index (χ0v) is 28.3. The molecule has 2 N–H and O–H groups in total. The maximum absolute atomic E-state index is 13.4. The summed E-state index contributed by atoms with van der Waals surface area (Å²) in [6.07, 6.45) is 0.281. The maximum Gasteiger partial charge on any atom is 0.414 e. The zero-order chi connectivity index (χ0) is 33.5. The monoisotopic (exact) mass is 642 g/mol. The Morgan fingerprint density at radius 3 is 2.11 bits per heavy atom. The van der Waals surface area contributed by atoms with E-state index >= 15 is 0 Å². The van der Waals surface area contributed by atoms with E-state index in [0.29, 0.717) is 34.2 Å². The average molecular weight is 643 g/mol. The molecule has 0 unspecified atom stereocenters. The van der Waals surface area contributed by atoms with Crippen LogP contribution in [-0.2, 0) is 22.3 Å². The molecule has 0 saturated heterocycles. The van der Waals surface area contributed by atoms with Gasteiger partial charge in [-0.15, -0.1) is 11.3 Å². The Kier molecular flexibility index (Phi) is 10.8. The molecule has 0 aliphatic heterocycles. The summed E-state index contributed by atoms with van der Waals surface area (Å²) in [5, 5.41) is 7.87. The molecule has 0 saturated carbocycles. The first-order valence-corrected chi connectivity index (χ1v) is 16.1. The van der Waals surface area contributed by atoms with Crippen LogP contribution in [-0.4, -0.2) is 40.8 Å². The Morgan fingerprint density at radius 2 is 1.48 bits per heavy atom. The number of carbonyl (C=O) groups is 3.